The molecule has 1 heterocycles. The second-order valence-corrected chi connectivity index (χ2v) is 8.12. The van der Waals surface area contributed by atoms with Crippen LogP contribution < -0.4 is 0 Å². The van der Waals surface area contributed by atoms with Gasteiger partial charge in [-0.15, -0.1) is 0 Å². The van der Waals surface area contributed by atoms with Crippen LogP contribution in [0.4, 0.5) is 4.39 Å². The van der Waals surface area contributed by atoms with Gasteiger partial charge in [0.25, 0.3) is 0 Å². The molecule has 1 aliphatic heterocycles. The standard InChI is InChI=1S/C13H17BrFNO2S/c1-9-7-12(15)8-10(2)13(9)19(17,18)16-5-3-11(14)4-6-16/h7-8,11H,3-6H2,1-2H3. The molecule has 0 amide bonds. The van der Waals surface area contributed by atoms with Gasteiger partial charge < -0.3 is 0 Å². The lowest BCUT2D eigenvalue weighted by Crippen LogP contribution is -2.39. The van der Waals surface area contributed by atoms with Gasteiger partial charge in [-0.3, -0.25) is 0 Å². The van der Waals surface area contributed by atoms with E-state index in [1.165, 1.54) is 16.4 Å². The van der Waals surface area contributed by atoms with Crippen LogP contribution in [0.1, 0.15) is 24.0 Å². The van der Waals surface area contributed by atoms with Crippen LogP contribution in [0.3, 0.4) is 0 Å². The Hall–Kier alpha value is -0.460. The molecule has 2 rings (SSSR count). The minimum absolute atomic E-state index is 0.252. The van der Waals surface area contributed by atoms with Crippen LogP contribution in [0, 0.1) is 19.7 Å². The van der Waals surface area contributed by atoms with Gasteiger partial charge in [-0.05, 0) is 49.9 Å². The van der Waals surface area contributed by atoms with Crippen LogP contribution in [0.2, 0.25) is 0 Å². The first-order valence-electron chi connectivity index (χ1n) is 6.23. The van der Waals surface area contributed by atoms with Gasteiger partial charge in [0.15, 0.2) is 0 Å². The van der Waals surface area contributed by atoms with Crippen LogP contribution in [0.15, 0.2) is 17.0 Å². The Labute approximate surface area is 122 Å². The summed E-state index contributed by atoms with van der Waals surface area (Å²) in [6.07, 6.45) is 1.61. The molecular formula is C13H17BrFNO2S. The number of aryl methyl sites for hydroxylation is 2. The van der Waals surface area contributed by atoms with Crippen molar-refractivity contribution in [3.05, 3.63) is 29.1 Å². The van der Waals surface area contributed by atoms with E-state index in [-0.39, 0.29) is 4.90 Å². The van der Waals surface area contributed by atoms with Crippen molar-refractivity contribution in [3.8, 4) is 0 Å². The number of hydrogen-bond acceptors (Lipinski definition) is 2. The monoisotopic (exact) mass is 349 g/mol. The topological polar surface area (TPSA) is 37.4 Å². The second-order valence-electron chi connectivity index (χ2n) is 4.95. The third-order valence-electron chi connectivity index (χ3n) is 3.41. The average Bonchev–Trinajstić information content (AvgIpc) is 2.27. The van der Waals surface area contributed by atoms with Crippen LogP contribution in [0.25, 0.3) is 0 Å². The molecular weight excluding hydrogens is 333 g/mol. The molecule has 0 spiro atoms. The number of benzene rings is 1. The average molecular weight is 350 g/mol. The number of sulfonamides is 1. The molecule has 1 fully saturated rings. The van der Waals surface area contributed by atoms with Crippen LogP contribution in [0.5, 0.6) is 0 Å². The van der Waals surface area contributed by atoms with E-state index in [2.05, 4.69) is 15.9 Å². The van der Waals surface area contributed by atoms with E-state index in [9.17, 15) is 12.8 Å². The molecule has 0 aromatic heterocycles. The maximum absolute atomic E-state index is 13.3. The first kappa shape index (κ1) is 14.9. The number of nitrogens with zero attached hydrogens (tertiary/aromatic N) is 1. The third-order valence-corrected chi connectivity index (χ3v) is 6.53. The lowest BCUT2D eigenvalue weighted by Gasteiger charge is -2.29. The van der Waals surface area contributed by atoms with Gasteiger partial charge >= 0.3 is 0 Å². The molecule has 1 saturated heterocycles. The van der Waals surface area contributed by atoms with E-state index in [4.69, 9.17) is 0 Å². The Morgan fingerprint density at radius 3 is 2.16 bits per heavy atom. The molecule has 106 valence electrons. The van der Waals surface area contributed by atoms with E-state index in [0.29, 0.717) is 29.0 Å². The Balaban J connectivity index is 2.40. The smallest absolute Gasteiger partial charge is 0.207 e. The van der Waals surface area contributed by atoms with Crippen LogP contribution in [-0.4, -0.2) is 30.6 Å². The molecule has 6 heteroatoms. The van der Waals surface area contributed by atoms with Crippen molar-refractivity contribution in [1.29, 1.82) is 0 Å². The molecule has 0 bridgehead atoms. The normalized spacial score (nSPS) is 18.7. The summed E-state index contributed by atoms with van der Waals surface area (Å²) in [5.41, 5.74) is 0.942. The highest BCUT2D eigenvalue weighted by Crippen LogP contribution is 2.28. The zero-order valence-corrected chi connectivity index (χ0v) is 13.4. The lowest BCUT2D eigenvalue weighted by atomic mass is 10.1. The minimum atomic E-state index is -3.52. The molecule has 19 heavy (non-hydrogen) atoms. The number of alkyl halides is 1. The summed E-state index contributed by atoms with van der Waals surface area (Å²) >= 11 is 3.51. The summed E-state index contributed by atoms with van der Waals surface area (Å²) in [7, 11) is -3.52. The molecule has 0 unspecified atom stereocenters. The third kappa shape index (κ3) is 3.01. The highest BCUT2D eigenvalue weighted by molar-refractivity contribution is 9.09. The van der Waals surface area contributed by atoms with Crippen molar-refractivity contribution in [2.75, 3.05) is 13.1 Å². The van der Waals surface area contributed by atoms with E-state index < -0.39 is 15.8 Å². The summed E-state index contributed by atoms with van der Waals surface area (Å²) < 4.78 is 40.0. The fourth-order valence-corrected chi connectivity index (χ4v) is 4.79. The van der Waals surface area contributed by atoms with Crippen LogP contribution in [-0.2, 0) is 10.0 Å². The maximum Gasteiger partial charge on any atom is 0.243 e. The molecule has 1 aromatic carbocycles. The first-order chi connectivity index (χ1) is 8.82. The molecule has 1 aliphatic rings. The van der Waals surface area contributed by atoms with Crippen molar-refractivity contribution in [3.63, 3.8) is 0 Å². The SMILES string of the molecule is Cc1cc(F)cc(C)c1S(=O)(=O)N1CCC(Br)CC1. The molecule has 3 nitrogen and oxygen atoms in total. The highest BCUT2D eigenvalue weighted by Gasteiger charge is 2.30. The molecule has 0 N–H and O–H groups in total. The zero-order valence-electron chi connectivity index (χ0n) is 11.0. The Bertz CT molecular complexity index is 557. The Morgan fingerprint density at radius 1 is 1.21 bits per heavy atom. The van der Waals surface area contributed by atoms with Gasteiger partial charge in [0.1, 0.15) is 5.82 Å². The van der Waals surface area contributed by atoms with E-state index in [1.807, 2.05) is 0 Å². The maximum atomic E-state index is 13.3. The van der Waals surface area contributed by atoms with E-state index in [0.717, 1.165) is 12.8 Å². The summed E-state index contributed by atoms with van der Waals surface area (Å²) in [4.78, 5) is 0.635. The number of hydrogen-bond donors (Lipinski definition) is 0. The molecule has 0 aliphatic carbocycles. The van der Waals surface area contributed by atoms with E-state index >= 15 is 0 Å². The van der Waals surface area contributed by atoms with Crippen molar-refractivity contribution < 1.29 is 12.8 Å². The van der Waals surface area contributed by atoms with Gasteiger partial charge in [-0.2, -0.15) is 4.31 Å². The highest BCUT2D eigenvalue weighted by atomic mass is 79.9. The summed E-state index contributed by atoms with van der Waals surface area (Å²) in [5.74, 6) is -0.395. The summed E-state index contributed by atoms with van der Waals surface area (Å²) in [6, 6.07) is 2.55. The van der Waals surface area contributed by atoms with Gasteiger partial charge in [-0.25, -0.2) is 12.8 Å². The van der Waals surface area contributed by atoms with Gasteiger partial charge in [-0.1, -0.05) is 15.9 Å². The fraction of sp³-hybridized carbons (Fsp3) is 0.538. The number of rotatable bonds is 2. The van der Waals surface area contributed by atoms with E-state index in [1.54, 1.807) is 13.8 Å². The van der Waals surface area contributed by atoms with Gasteiger partial charge in [0.05, 0.1) is 4.90 Å². The fourth-order valence-electron chi connectivity index (χ4n) is 2.50. The quantitative estimate of drug-likeness (QED) is 0.769. The number of halogens is 2. The van der Waals surface area contributed by atoms with Gasteiger partial charge in [0, 0.05) is 17.9 Å². The van der Waals surface area contributed by atoms with Crippen molar-refractivity contribution in [2.24, 2.45) is 0 Å². The molecule has 0 saturated carbocycles. The summed E-state index contributed by atoms with van der Waals surface area (Å²) in [6.45, 7) is 4.30. The second kappa shape index (κ2) is 5.50. The Kier molecular flexibility index (Phi) is 4.32. The van der Waals surface area contributed by atoms with Gasteiger partial charge in [0.2, 0.25) is 10.0 Å². The minimum Gasteiger partial charge on any atom is -0.207 e. The number of piperidine rings is 1. The van der Waals surface area contributed by atoms with Crippen molar-refractivity contribution in [1.82, 2.24) is 4.31 Å². The van der Waals surface area contributed by atoms with Crippen molar-refractivity contribution in [2.45, 2.75) is 36.4 Å². The van der Waals surface area contributed by atoms with Crippen molar-refractivity contribution >= 4 is 26.0 Å². The lowest BCUT2D eigenvalue weighted by molar-refractivity contribution is 0.354. The first-order valence-corrected chi connectivity index (χ1v) is 8.59. The molecule has 0 atom stereocenters. The predicted octanol–water partition coefficient (Wildman–Crippen LogP) is 2.99. The molecule has 1 aromatic rings. The Morgan fingerprint density at radius 2 is 1.68 bits per heavy atom. The summed E-state index contributed by atoms with van der Waals surface area (Å²) in [5, 5.41) is 0. The van der Waals surface area contributed by atoms with Crippen LogP contribution >= 0.6 is 15.9 Å². The largest absolute Gasteiger partial charge is 0.243 e. The predicted molar refractivity (Wildman–Crippen MR) is 76.6 cm³/mol. The zero-order chi connectivity index (χ0) is 14.2. The molecule has 0 radical (unpaired) electrons.